The van der Waals surface area contributed by atoms with Crippen molar-refractivity contribution in [3.8, 4) is 0 Å². The molecule has 0 radical (unpaired) electrons. The Balaban J connectivity index is 1.89. The minimum absolute atomic E-state index is 0.165. The van der Waals surface area contributed by atoms with Crippen LogP contribution in [-0.2, 0) is 0 Å². The predicted octanol–water partition coefficient (Wildman–Crippen LogP) is 3.53. The molecule has 104 valence electrons. The maximum Gasteiger partial charge on any atom is 0.257 e. The lowest BCUT2D eigenvalue weighted by Gasteiger charge is -2.09. The maximum atomic E-state index is 12.3. The fourth-order valence-electron chi connectivity index (χ4n) is 2.20. The van der Waals surface area contributed by atoms with Crippen LogP contribution >= 0.6 is 0 Å². The number of amides is 1. The number of benzene rings is 2. The number of nitrogens with zero attached hydrogens (tertiary/aromatic N) is 1. The lowest BCUT2D eigenvalue weighted by Crippen LogP contribution is -2.12. The van der Waals surface area contributed by atoms with Crippen LogP contribution < -0.4 is 10.6 Å². The number of nitrogens with one attached hydrogen (secondary N) is 2. The van der Waals surface area contributed by atoms with Gasteiger partial charge >= 0.3 is 0 Å². The van der Waals surface area contributed by atoms with Crippen LogP contribution in [0.2, 0.25) is 0 Å². The van der Waals surface area contributed by atoms with Crippen molar-refractivity contribution < 1.29 is 4.79 Å². The first-order valence-electron chi connectivity index (χ1n) is 6.71. The summed E-state index contributed by atoms with van der Waals surface area (Å²) in [5, 5.41) is 7.98. The molecule has 0 aliphatic carbocycles. The van der Waals surface area contributed by atoms with Gasteiger partial charge in [0.25, 0.3) is 5.91 Å². The second-order valence-corrected chi connectivity index (χ2v) is 4.66. The average molecular weight is 277 g/mol. The Bertz CT molecular complexity index is 776. The number of fused-ring (bicyclic) bond motifs is 1. The largest absolute Gasteiger partial charge is 0.373 e. The first-order valence-corrected chi connectivity index (χ1v) is 6.71. The van der Waals surface area contributed by atoms with Crippen molar-refractivity contribution in [2.45, 2.75) is 0 Å². The molecule has 0 saturated carbocycles. The summed E-state index contributed by atoms with van der Waals surface area (Å²) in [5.74, 6) is 0.568. The van der Waals surface area contributed by atoms with E-state index in [2.05, 4.69) is 15.6 Å². The molecule has 1 heterocycles. The summed E-state index contributed by atoms with van der Waals surface area (Å²) >= 11 is 0. The molecule has 0 aliphatic heterocycles. The van der Waals surface area contributed by atoms with E-state index in [9.17, 15) is 4.79 Å². The van der Waals surface area contributed by atoms with Crippen LogP contribution in [0.25, 0.3) is 10.8 Å². The van der Waals surface area contributed by atoms with Crippen LogP contribution in [0.1, 0.15) is 10.4 Å². The van der Waals surface area contributed by atoms with Gasteiger partial charge in [-0.05, 0) is 23.6 Å². The van der Waals surface area contributed by atoms with E-state index in [0.29, 0.717) is 5.56 Å². The van der Waals surface area contributed by atoms with E-state index in [1.165, 1.54) is 0 Å². The summed E-state index contributed by atoms with van der Waals surface area (Å²) in [6, 6.07) is 17.3. The Morgan fingerprint density at radius 3 is 2.57 bits per heavy atom. The van der Waals surface area contributed by atoms with Crippen molar-refractivity contribution in [2.24, 2.45) is 0 Å². The fraction of sp³-hybridized carbons (Fsp3) is 0.0588. The summed E-state index contributed by atoms with van der Waals surface area (Å²) in [6.07, 6.45) is 1.56. The first kappa shape index (κ1) is 13.1. The normalized spacial score (nSPS) is 10.3. The van der Waals surface area contributed by atoms with E-state index in [-0.39, 0.29) is 5.91 Å². The van der Waals surface area contributed by atoms with E-state index in [4.69, 9.17) is 0 Å². The van der Waals surface area contributed by atoms with E-state index in [1.807, 2.05) is 42.5 Å². The van der Waals surface area contributed by atoms with E-state index < -0.39 is 0 Å². The molecule has 0 spiro atoms. The maximum absolute atomic E-state index is 12.3. The number of carbonyl (C=O) groups is 1. The highest BCUT2D eigenvalue weighted by Gasteiger charge is 2.08. The molecule has 4 heteroatoms. The summed E-state index contributed by atoms with van der Waals surface area (Å²) in [5.41, 5.74) is 1.33. The van der Waals surface area contributed by atoms with Crippen molar-refractivity contribution in [1.29, 1.82) is 0 Å². The van der Waals surface area contributed by atoms with Crippen LogP contribution in [-0.4, -0.2) is 17.9 Å². The highest BCUT2D eigenvalue weighted by Crippen LogP contribution is 2.23. The van der Waals surface area contributed by atoms with Gasteiger partial charge in [0, 0.05) is 24.3 Å². The quantitative estimate of drug-likeness (QED) is 0.770. The molecule has 1 amide bonds. The van der Waals surface area contributed by atoms with E-state index >= 15 is 0 Å². The number of rotatable bonds is 3. The third kappa shape index (κ3) is 2.69. The lowest BCUT2D eigenvalue weighted by atomic mass is 10.1. The highest BCUT2D eigenvalue weighted by molar-refractivity contribution is 6.09. The summed E-state index contributed by atoms with van der Waals surface area (Å²) in [7, 11) is 1.79. The van der Waals surface area contributed by atoms with Crippen molar-refractivity contribution in [3.05, 3.63) is 66.4 Å². The van der Waals surface area contributed by atoms with Gasteiger partial charge in [-0.2, -0.15) is 0 Å². The van der Waals surface area contributed by atoms with Gasteiger partial charge in [0.15, 0.2) is 0 Å². The average Bonchev–Trinajstić information content (AvgIpc) is 2.55. The molecule has 0 atom stereocenters. The zero-order valence-corrected chi connectivity index (χ0v) is 11.6. The Labute approximate surface area is 122 Å². The Morgan fingerprint density at radius 2 is 1.81 bits per heavy atom. The zero-order valence-electron chi connectivity index (χ0n) is 11.6. The minimum atomic E-state index is -0.165. The van der Waals surface area contributed by atoms with Gasteiger partial charge in [-0.25, -0.2) is 4.98 Å². The van der Waals surface area contributed by atoms with Gasteiger partial charge in [-0.1, -0.05) is 36.4 Å². The van der Waals surface area contributed by atoms with Crippen LogP contribution in [0.3, 0.4) is 0 Å². The van der Waals surface area contributed by atoms with Crippen LogP contribution in [0.5, 0.6) is 0 Å². The number of hydrogen-bond donors (Lipinski definition) is 2. The van der Waals surface area contributed by atoms with Gasteiger partial charge in [0.1, 0.15) is 5.82 Å². The predicted molar refractivity (Wildman–Crippen MR) is 85.7 cm³/mol. The molecule has 0 bridgehead atoms. The number of carbonyl (C=O) groups excluding carboxylic acids is 1. The molecule has 3 rings (SSSR count). The summed E-state index contributed by atoms with van der Waals surface area (Å²) < 4.78 is 0. The third-order valence-corrected chi connectivity index (χ3v) is 3.32. The van der Waals surface area contributed by atoms with Gasteiger partial charge in [0.2, 0.25) is 0 Å². The SMILES string of the molecule is CNc1ccc(C(=O)Nc2cccc3ccccc23)cn1. The molecule has 4 nitrogen and oxygen atoms in total. The molecule has 1 aromatic heterocycles. The number of hydrogen-bond acceptors (Lipinski definition) is 3. The molecule has 0 unspecified atom stereocenters. The van der Waals surface area contributed by atoms with Gasteiger partial charge in [-0.15, -0.1) is 0 Å². The summed E-state index contributed by atoms with van der Waals surface area (Å²) in [6.45, 7) is 0. The van der Waals surface area contributed by atoms with E-state index in [1.54, 1.807) is 25.4 Å². The van der Waals surface area contributed by atoms with Crippen LogP contribution in [0, 0.1) is 0 Å². The number of pyridine rings is 1. The molecule has 2 aromatic carbocycles. The second-order valence-electron chi connectivity index (χ2n) is 4.66. The van der Waals surface area contributed by atoms with E-state index in [0.717, 1.165) is 22.3 Å². The first-order chi connectivity index (χ1) is 10.3. The smallest absolute Gasteiger partial charge is 0.257 e. The Morgan fingerprint density at radius 1 is 1.00 bits per heavy atom. The standard InChI is InChI=1S/C17H15N3O/c1-18-16-10-9-13(11-19-16)17(21)20-15-8-4-6-12-5-2-3-7-14(12)15/h2-11H,1H3,(H,18,19)(H,20,21). The van der Waals surface area contributed by atoms with Crippen molar-refractivity contribution in [1.82, 2.24) is 4.98 Å². The van der Waals surface area contributed by atoms with Crippen LogP contribution in [0.15, 0.2) is 60.8 Å². The Hall–Kier alpha value is -2.88. The molecule has 3 aromatic rings. The van der Waals surface area contributed by atoms with Crippen molar-refractivity contribution in [2.75, 3.05) is 17.7 Å². The molecule has 0 saturated heterocycles. The fourth-order valence-corrected chi connectivity index (χ4v) is 2.20. The second kappa shape index (κ2) is 5.63. The molecular formula is C17H15N3O. The highest BCUT2D eigenvalue weighted by atomic mass is 16.1. The Kier molecular flexibility index (Phi) is 3.51. The number of aromatic nitrogens is 1. The zero-order chi connectivity index (χ0) is 14.7. The van der Waals surface area contributed by atoms with Crippen LogP contribution in [0.4, 0.5) is 11.5 Å². The van der Waals surface area contributed by atoms with Gasteiger partial charge in [0.05, 0.1) is 5.56 Å². The monoisotopic (exact) mass is 277 g/mol. The third-order valence-electron chi connectivity index (χ3n) is 3.32. The van der Waals surface area contributed by atoms with Gasteiger partial charge in [-0.3, -0.25) is 4.79 Å². The van der Waals surface area contributed by atoms with Crippen molar-refractivity contribution in [3.63, 3.8) is 0 Å². The number of anilines is 2. The minimum Gasteiger partial charge on any atom is -0.373 e. The van der Waals surface area contributed by atoms with Crippen molar-refractivity contribution >= 4 is 28.2 Å². The molecular weight excluding hydrogens is 262 g/mol. The lowest BCUT2D eigenvalue weighted by molar-refractivity contribution is 0.102. The topological polar surface area (TPSA) is 54.0 Å². The molecule has 2 N–H and O–H groups in total. The van der Waals surface area contributed by atoms with Gasteiger partial charge < -0.3 is 10.6 Å². The molecule has 0 aliphatic rings. The molecule has 0 fully saturated rings. The summed E-state index contributed by atoms with van der Waals surface area (Å²) in [4.78, 5) is 16.4. The molecule has 21 heavy (non-hydrogen) atoms.